The van der Waals surface area contributed by atoms with Crippen LogP contribution < -0.4 is 10.5 Å². The largest absolute Gasteiger partial charge is 0.389 e. The van der Waals surface area contributed by atoms with Gasteiger partial charge in [0.15, 0.2) is 0 Å². The highest BCUT2D eigenvalue weighted by molar-refractivity contribution is 7.89. The first kappa shape index (κ1) is 15.9. The molecular formula is C12H13ClN4O2S2. The van der Waals surface area contributed by atoms with Crippen molar-refractivity contribution < 1.29 is 8.42 Å². The van der Waals surface area contributed by atoms with Crippen molar-refractivity contribution in [3.8, 4) is 0 Å². The summed E-state index contributed by atoms with van der Waals surface area (Å²) < 4.78 is 28.5. The number of nitrogens with zero attached hydrogens (tertiary/aromatic N) is 2. The predicted molar refractivity (Wildman–Crippen MR) is 84.6 cm³/mol. The summed E-state index contributed by atoms with van der Waals surface area (Å²) in [4.78, 5) is 0.136. The van der Waals surface area contributed by atoms with Crippen molar-refractivity contribution in [3.05, 3.63) is 46.7 Å². The Kier molecular flexibility index (Phi) is 4.62. The molecule has 0 unspecified atom stereocenters. The monoisotopic (exact) mass is 344 g/mol. The minimum atomic E-state index is -3.73. The van der Waals surface area contributed by atoms with E-state index >= 15 is 0 Å². The van der Waals surface area contributed by atoms with Crippen molar-refractivity contribution in [1.29, 1.82) is 0 Å². The molecule has 3 N–H and O–H groups in total. The van der Waals surface area contributed by atoms with Gasteiger partial charge in [-0.1, -0.05) is 29.9 Å². The lowest BCUT2D eigenvalue weighted by Gasteiger charge is -2.08. The van der Waals surface area contributed by atoms with Gasteiger partial charge in [-0.05, 0) is 12.1 Å². The molecule has 0 atom stereocenters. The Balaban J connectivity index is 2.21. The van der Waals surface area contributed by atoms with Crippen LogP contribution in [0.15, 0.2) is 35.5 Å². The summed E-state index contributed by atoms with van der Waals surface area (Å²) in [7, 11) is -1.97. The molecule has 0 fully saturated rings. The summed E-state index contributed by atoms with van der Waals surface area (Å²) >= 11 is 10.8. The maximum Gasteiger partial charge on any atom is 0.242 e. The van der Waals surface area contributed by atoms with Crippen LogP contribution in [0.4, 0.5) is 0 Å². The molecule has 112 valence electrons. The van der Waals surface area contributed by atoms with E-state index in [2.05, 4.69) is 9.82 Å². The minimum Gasteiger partial charge on any atom is -0.389 e. The summed E-state index contributed by atoms with van der Waals surface area (Å²) in [5, 5.41) is 4.03. The van der Waals surface area contributed by atoms with Crippen LogP contribution in [0.25, 0.3) is 0 Å². The Hall–Kier alpha value is -1.48. The highest BCUT2D eigenvalue weighted by Gasteiger charge is 2.18. The van der Waals surface area contributed by atoms with Gasteiger partial charge in [-0.15, -0.1) is 0 Å². The van der Waals surface area contributed by atoms with Gasteiger partial charge in [0.2, 0.25) is 10.0 Å². The maximum atomic E-state index is 12.2. The van der Waals surface area contributed by atoms with Crippen LogP contribution in [-0.4, -0.2) is 23.2 Å². The van der Waals surface area contributed by atoms with Crippen LogP contribution >= 0.6 is 23.8 Å². The molecule has 0 aliphatic carbocycles. The first-order chi connectivity index (χ1) is 9.79. The number of nitrogens with one attached hydrogen (secondary N) is 1. The van der Waals surface area contributed by atoms with E-state index in [9.17, 15) is 8.42 Å². The van der Waals surface area contributed by atoms with Gasteiger partial charge in [0, 0.05) is 30.9 Å². The second-order valence-electron chi connectivity index (χ2n) is 4.36. The first-order valence-electron chi connectivity index (χ1n) is 5.86. The van der Waals surface area contributed by atoms with E-state index < -0.39 is 10.0 Å². The summed E-state index contributed by atoms with van der Waals surface area (Å²) in [6.07, 6.45) is 3.31. The molecule has 0 saturated heterocycles. The first-order valence-corrected chi connectivity index (χ1v) is 8.13. The Morgan fingerprint density at radius 3 is 2.76 bits per heavy atom. The van der Waals surface area contributed by atoms with E-state index in [1.165, 1.54) is 18.2 Å². The molecule has 0 aliphatic rings. The third-order valence-corrected chi connectivity index (χ3v) is 4.85. The molecule has 2 aromatic rings. The molecule has 0 aliphatic heterocycles. The molecule has 21 heavy (non-hydrogen) atoms. The zero-order valence-electron chi connectivity index (χ0n) is 11.1. The Bertz CT molecular complexity index is 786. The summed E-state index contributed by atoms with van der Waals surface area (Å²) in [6, 6.07) is 4.33. The van der Waals surface area contributed by atoms with Crippen molar-refractivity contribution in [3.63, 3.8) is 0 Å². The van der Waals surface area contributed by atoms with E-state index in [-0.39, 0.29) is 21.5 Å². The van der Waals surface area contributed by atoms with E-state index in [1.54, 1.807) is 24.1 Å². The molecule has 1 aromatic carbocycles. The molecule has 2 rings (SSSR count). The fourth-order valence-electron chi connectivity index (χ4n) is 1.69. The standard InChI is InChI=1S/C12H13ClN4O2S2/c1-17-7-8(5-15-17)6-16-21(18,19)11-3-2-9(12(14)20)4-10(11)13/h2-5,7,16H,6H2,1H3,(H2,14,20). The number of rotatable bonds is 5. The number of nitrogens with two attached hydrogens (primary N) is 1. The Labute approximate surface area is 133 Å². The van der Waals surface area contributed by atoms with Crippen molar-refractivity contribution in [1.82, 2.24) is 14.5 Å². The number of aromatic nitrogens is 2. The third-order valence-electron chi connectivity index (χ3n) is 2.73. The zero-order valence-corrected chi connectivity index (χ0v) is 13.5. The van der Waals surface area contributed by atoms with E-state index in [0.29, 0.717) is 5.56 Å². The highest BCUT2D eigenvalue weighted by atomic mass is 35.5. The van der Waals surface area contributed by atoms with Crippen LogP contribution in [0.3, 0.4) is 0 Å². The van der Waals surface area contributed by atoms with Gasteiger partial charge < -0.3 is 5.73 Å². The topological polar surface area (TPSA) is 90.0 Å². The lowest BCUT2D eigenvalue weighted by atomic mass is 10.2. The summed E-state index contributed by atoms with van der Waals surface area (Å²) in [5.41, 5.74) is 6.74. The number of thiocarbonyl (C=S) groups is 1. The van der Waals surface area contributed by atoms with Crippen LogP contribution in [0.5, 0.6) is 0 Å². The van der Waals surface area contributed by atoms with Crippen LogP contribution in [0, 0.1) is 0 Å². The fraction of sp³-hybridized carbons (Fsp3) is 0.167. The van der Waals surface area contributed by atoms with Crippen molar-refractivity contribution in [2.75, 3.05) is 0 Å². The molecule has 1 aromatic heterocycles. The van der Waals surface area contributed by atoms with Gasteiger partial charge in [0.05, 0.1) is 11.2 Å². The number of hydrogen-bond donors (Lipinski definition) is 2. The average Bonchev–Trinajstić information content (AvgIpc) is 2.82. The molecule has 0 amide bonds. The molecule has 1 heterocycles. The molecule has 0 spiro atoms. The van der Waals surface area contributed by atoms with E-state index in [4.69, 9.17) is 29.6 Å². The fourth-order valence-corrected chi connectivity index (χ4v) is 3.38. The molecule has 0 radical (unpaired) electrons. The molecule has 0 saturated carbocycles. The quantitative estimate of drug-likeness (QED) is 0.795. The summed E-state index contributed by atoms with van der Waals surface area (Å²) in [5.74, 6) is 0. The van der Waals surface area contributed by atoms with Gasteiger partial charge >= 0.3 is 0 Å². The normalized spacial score (nSPS) is 11.5. The second kappa shape index (κ2) is 6.10. The van der Waals surface area contributed by atoms with Crippen molar-refractivity contribution >= 4 is 38.8 Å². The van der Waals surface area contributed by atoms with Crippen molar-refractivity contribution in [2.45, 2.75) is 11.4 Å². The van der Waals surface area contributed by atoms with Crippen LogP contribution in [-0.2, 0) is 23.6 Å². The highest BCUT2D eigenvalue weighted by Crippen LogP contribution is 2.22. The van der Waals surface area contributed by atoms with E-state index in [0.717, 1.165) is 5.56 Å². The number of benzene rings is 1. The lowest BCUT2D eigenvalue weighted by Crippen LogP contribution is -2.23. The lowest BCUT2D eigenvalue weighted by molar-refractivity contribution is 0.581. The summed E-state index contributed by atoms with van der Waals surface area (Å²) in [6.45, 7) is 0.129. The molecule has 0 bridgehead atoms. The van der Waals surface area contributed by atoms with Gasteiger partial charge in [0.25, 0.3) is 0 Å². The minimum absolute atomic E-state index is 0.0203. The maximum absolute atomic E-state index is 12.2. The number of hydrogen-bond acceptors (Lipinski definition) is 4. The van der Waals surface area contributed by atoms with Gasteiger partial charge in [-0.3, -0.25) is 4.68 Å². The smallest absolute Gasteiger partial charge is 0.242 e. The Morgan fingerprint density at radius 2 is 2.24 bits per heavy atom. The van der Waals surface area contributed by atoms with Gasteiger partial charge in [0.1, 0.15) is 9.88 Å². The van der Waals surface area contributed by atoms with Crippen LogP contribution in [0.2, 0.25) is 5.02 Å². The second-order valence-corrected chi connectivity index (χ2v) is 6.94. The Morgan fingerprint density at radius 1 is 1.52 bits per heavy atom. The third kappa shape index (κ3) is 3.79. The molecule has 6 nitrogen and oxygen atoms in total. The van der Waals surface area contributed by atoms with Crippen LogP contribution in [0.1, 0.15) is 11.1 Å². The molecular weight excluding hydrogens is 332 g/mol. The SMILES string of the molecule is Cn1cc(CNS(=O)(=O)c2ccc(C(N)=S)cc2Cl)cn1. The van der Waals surface area contributed by atoms with E-state index in [1.807, 2.05) is 0 Å². The van der Waals surface area contributed by atoms with Gasteiger partial charge in [-0.2, -0.15) is 5.10 Å². The average molecular weight is 345 g/mol. The number of sulfonamides is 1. The van der Waals surface area contributed by atoms with Gasteiger partial charge in [-0.25, -0.2) is 13.1 Å². The number of aryl methyl sites for hydroxylation is 1. The molecule has 9 heteroatoms. The predicted octanol–water partition coefficient (Wildman–Crippen LogP) is 1.19. The number of halogens is 1. The zero-order chi connectivity index (χ0) is 15.6. The van der Waals surface area contributed by atoms with Crippen molar-refractivity contribution in [2.24, 2.45) is 12.8 Å².